The van der Waals surface area contributed by atoms with E-state index in [0.29, 0.717) is 5.56 Å². The highest BCUT2D eigenvalue weighted by molar-refractivity contribution is 7.89. The zero-order chi connectivity index (χ0) is 14.9. The van der Waals surface area contributed by atoms with Gasteiger partial charge in [-0.05, 0) is 36.9 Å². The van der Waals surface area contributed by atoms with Crippen molar-refractivity contribution in [1.82, 2.24) is 4.31 Å². The summed E-state index contributed by atoms with van der Waals surface area (Å²) in [6, 6.07) is 8.75. The number of hydrogen-bond acceptors (Lipinski definition) is 4. The molecule has 0 aliphatic carbocycles. The summed E-state index contributed by atoms with van der Waals surface area (Å²) >= 11 is 1.54. The molecular weight excluding hydrogens is 292 g/mol. The molecule has 0 aliphatic rings. The van der Waals surface area contributed by atoms with E-state index in [-0.39, 0.29) is 16.6 Å². The van der Waals surface area contributed by atoms with E-state index in [0.717, 1.165) is 4.88 Å². The van der Waals surface area contributed by atoms with E-state index < -0.39 is 10.0 Å². The molecule has 20 heavy (non-hydrogen) atoms. The summed E-state index contributed by atoms with van der Waals surface area (Å²) in [7, 11) is -2.02. The predicted molar refractivity (Wildman–Crippen MR) is 83.3 cm³/mol. The number of thiophene rings is 1. The third-order valence-corrected chi connectivity index (χ3v) is 6.57. The Hall–Kier alpha value is -1.37. The Morgan fingerprint density at radius 2 is 1.95 bits per heavy atom. The van der Waals surface area contributed by atoms with Gasteiger partial charge in [-0.1, -0.05) is 18.2 Å². The van der Waals surface area contributed by atoms with Gasteiger partial charge >= 0.3 is 0 Å². The summed E-state index contributed by atoms with van der Waals surface area (Å²) in [5.74, 6) is 0. The number of nitrogen functional groups attached to an aromatic ring is 1. The van der Waals surface area contributed by atoms with Gasteiger partial charge in [0.1, 0.15) is 4.90 Å². The number of benzene rings is 1. The van der Waals surface area contributed by atoms with Crippen LogP contribution in [0.1, 0.15) is 23.4 Å². The van der Waals surface area contributed by atoms with Crippen LogP contribution in [0.5, 0.6) is 0 Å². The van der Waals surface area contributed by atoms with E-state index in [1.165, 1.54) is 4.31 Å². The van der Waals surface area contributed by atoms with Crippen LogP contribution in [0, 0.1) is 6.92 Å². The standard InChI is InChI=1S/C14H18N2O2S2/c1-10-6-4-7-12(15)14(10)20(17,18)16(3)11(2)13-8-5-9-19-13/h4-9,11H,15H2,1-3H3. The molecule has 0 spiro atoms. The second kappa shape index (κ2) is 5.55. The van der Waals surface area contributed by atoms with Gasteiger partial charge in [-0.2, -0.15) is 4.31 Å². The molecule has 0 bridgehead atoms. The molecule has 0 fully saturated rings. The molecule has 1 atom stereocenters. The fourth-order valence-corrected chi connectivity index (χ4v) is 4.64. The molecule has 108 valence electrons. The van der Waals surface area contributed by atoms with Gasteiger partial charge in [-0.15, -0.1) is 11.3 Å². The lowest BCUT2D eigenvalue weighted by atomic mass is 10.2. The highest BCUT2D eigenvalue weighted by Crippen LogP contribution is 2.32. The van der Waals surface area contributed by atoms with E-state index in [9.17, 15) is 8.42 Å². The van der Waals surface area contributed by atoms with Crippen molar-refractivity contribution in [3.8, 4) is 0 Å². The molecular formula is C14H18N2O2S2. The zero-order valence-corrected chi connectivity index (χ0v) is 13.3. The van der Waals surface area contributed by atoms with Crippen LogP contribution in [0.3, 0.4) is 0 Å². The van der Waals surface area contributed by atoms with E-state index in [1.807, 2.05) is 24.4 Å². The summed E-state index contributed by atoms with van der Waals surface area (Å²) in [5, 5.41) is 1.94. The quantitative estimate of drug-likeness (QED) is 0.883. The van der Waals surface area contributed by atoms with Gasteiger partial charge < -0.3 is 5.73 Å². The second-order valence-corrected chi connectivity index (χ2v) is 7.62. The summed E-state index contributed by atoms with van der Waals surface area (Å²) in [4.78, 5) is 1.20. The predicted octanol–water partition coefficient (Wildman–Crippen LogP) is 3.02. The molecule has 2 rings (SSSR count). The minimum atomic E-state index is -3.61. The number of nitrogens with zero attached hydrogens (tertiary/aromatic N) is 1. The van der Waals surface area contributed by atoms with Crippen molar-refractivity contribution in [2.45, 2.75) is 24.8 Å². The summed E-state index contributed by atoms with van der Waals surface area (Å²) < 4.78 is 26.9. The maximum atomic E-state index is 12.8. The molecule has 1 unspecified atom stereocenters. The fourth-order valence-electron chi connectivity index (χ4n) is 2.09. The van der Waals surface area contributed by atoms with Gasteiger partial charge in [-0.3, -0.25) is 0 Å². The van der Waals surface area contributed by atoms with Crippen LogP contribution in [-0.4, -0.2) is 19.8 Å². The van der Waals surface area contributed by atoms with Crippen LogP contribution < -0.4 is 5.73 Å². The topological polar surface area (TPSA) is 63.4 Å². The summed E-state index contributed by atoms with van der Waals surface area (Å²) in [5.41, 5.74) is 6.81. The van der Waals surface area contributed by atoms with E-state index in [2.05, 4.69) is 0 Å². The van der Waals surface area contributed by atoms with Crippen molar-refractivity contribution in [1.29, 1.82) is 0 Å². The van der Waals surface area contributed by atoms with Crippen molar-refractivity contribution < 1.29 is 8.42 Å². The monoisotopic (exact) mass is 310 g/mol. The summed E-state index contributed by atoms with van der Waals surface area (Å²) in [6.45, 7) is 3.63. The van der Waals surface area contributed by atoms with Crippen molar-refractivity contribution in [3.05, 3.63) is 46.2 Å². The van der Waals surface area contributed by atoms with E-state index in [1.54, 1.807) is 43.5 Å². The minimum absolute atomic E-state index is 0.200. The molecule has 0 saturated heterocycles. The number of sulfonamides is 1. The first-order chi connectivity index (χ1) is 9.35. The third kappa shape index (κ3) is 2.59. The van der Waals surface area contributed by atoms with Crippen LogP contribution >= 0.6 is 11.3 Å². The van der Waals surface area contributed by atoms with Gasteiger partial charge in [0, 0.05) is 11.9 Å². The normalized spacial score (nSPS) is 13.6. The van der Waals surface area contributed by atoms with Crippen molar-refractivity contribution >= 4 is 27.0 Å². The van der Waals surface area contributed by atoms with Crippen LogP contribution in [0.2, 0.25) is 0 Å². The smallest absolute Gasteiger partial charge is 0.245 e. The Bertz CT molecular complexity index is 674. The molecule has 2 N–H and O–H groups in total. The molecule has 1 aromatic heterocycles. The molecule has 0 radical (unpaired) electrons. The molecule has 0 saturated carbocycles. The van der Waals surface area contributed by atoms with Gasteiger partial charge in [0.25, 0.3) is 0 Å². The van der Waals surface area contributed by atoms with E-state index in [4.69, 9.17) is 5.73 Å². The number of nitrogens with two attached hydrogens (primary N) is 1. The number of aryl methyl sites for hydroxylation is 1. The molecule has 6 heteroatoms. The van der Waals surface area contributed by atoms with Crippen molar-refractivity contribution in [2.24, 2.45) is 0 Å². The third-order valence-electron chi connectivity index (χ3n) is 3.38. The number of anilines is 1. The van der Waals surface area contributed by atoms with Gasteiger partial charge in [0.05, 0.1) is 11.7 Å². The first-order valence-corrected chi connectivity index (χ1v) is 8.54. The lowest BCUT2D eigenvalue weighted by Gasteiger charge is -2.25. The molecule has 1 heterocycles. The average molecular weight is 310 g/mol. The Balaban J connectivity index is 2.45. The van der Waals surface area contributed by atoms with Crippen LogP contribution in [0.25, 0.3) is 0 Å². The molecule has 0 aliphatic heterocycles. The van der Waals surface area contributed by atoms with Crippen molar-refractivity contribution in [3.63, 3.8) is 0 Å². The van der Waals surface area contributed by atoms with Gasteiger partial charge in [0.15, 0.2) is 0 Å². The minimum Gasteiger partial charge on any atom is -0.398 e. The first kappa shape index (κ1) is 15.0. The zero-order valence-electron chi connectivity index (χ0n) is 11.7. The second-order valence-electron chi connectivity index (χ2n) is 4.71. The molecule has 4 nitrogen and oxygen atoms in total. The van der Waals surface area contributed by atoms with Crippen LogP contribution in [0.15, 0.2) is 40.6 Å². The SMILES string of the molecule is Cc1cccc(N)c1S(=O)(=O)N(C)C(C)c1cccs1. The Kier molecular flexibility index (Phi) is 4.17. The van der Waals surface area contributed by atoms with E-state index >= 15 is 0 Å². The Labute approximate surface area is 123 Å². The number of hydrogen-bond donors (Lipinski definition) is 1. The van der Waals surface area contributed by atoms with Crippen LogP contribution in [0.4, 0.5) is 5.69 Å². The molecule has 0 amide bonds. The van der Waals surface area contributed by atoms with Gasteiger partial charge in [0.2, 0.25) is 10.0 Å². The largest absolute Gasteiger partial charge is 0.398 e. The molecule has 1 aromatic carbocycles. The summed E-state index contributed by atoms with van der Waals surface area (Å²) in [6.07, 6.45) is 0. The molecule has 2 aromatic rings. The first-order valence-electron chi connectivity index (χ1n) is 6.22. The highest BCUT2D eigenvalue weighted by Gasteiger charge is 2.29. The maximum absolute atomic E-state index is 12.8. The maximum Gasteiger partial charge on any atom is 0.245 e. The van der Waals surface area contributed by atoms with Gasteiger partial charge in [-0.25, -0.2) is 8.42 Å². The highest BCUT2D eigenvalue weighted by atomic mass is 32.2. The van der Waals surface area contributed by atoms with Crippen molar-refractivity contribution in [2.75, 3.05) is 12.8 Å². The van der Waals surface area contributed by atoms with Crippen LogP contribution in [-0.2, 0) is 10.0 Å². The lowest BCUT2D eigenvalue weighted by Crippen LogP contribution is -2.30. The fraction of sp³-hybridized carbons (Fsp3) is 0.286. The number of rotatable bonds is 4. The Morgan fingerprint density at radius 3 is 2.50 bits per heavy atom. The Morgan fingerprint density at radius 1 is 1.25 bits per heavy atom. The lowest BCUT2D eigenvalue weighted by molar-refractivity contribution is 0.403. The average Bonchev–Trinajstić information content (AvgIpc) is 2.90.